The molecule has 0 aliphatic carbocycles. The molecular weight excluding hydrogens is 328 g/mol. The molecule has 3 heterocycles. The van der Waals surface area contributed by atoms with Crippen molar-refractivity contribution >= 4 is 11.7 Å². The first kappa shape index (κ1) is 17.5. The summed E-state index contributed by atoms with van der Waals surface area (Å²) in [6, 6.07) is 3.71. The van der Waals surface area contributed by atoms with E-state index in [0.717, 1.165) is 29.5 Å². The quantitative estimate of drug-likeness (QED) is 0.902. The van der Waals surface area contributed by atoms with E-state index in [1.54, 1.807) is 6.20 Å². The highest BCUT2D eigenvalue weighted by Gasteiger charge is 2.27. The molecule has 25 heavy (non-hydrogen) atoms. The lowest BCUT2D eigenvalue weighted by Crippen LogP contribution is -2.40. The van der Waals surface area contributed by atoms with Crippen molar-refractivity contribution < 1.29 is 13.6 Å². The zero-order valence-corrected chi connectivity index (χ0v) is 14.0. The summed E-state index contributed by atoms with van der Waals surface area (Å²) in [7, 11) is 0. The van der Waals surface area contributed by atoms with Crippen LogP contribution in [0.15, 0.2) is 30.7 Å². The zero-order valence-electron chi connectivity index (χ0n) is 14.0. The molecule has 1 aliphatic heterocycles. The van der Waals surface area contributed by atoms with E-state index in [1.165, 1.54) is 12.4 Å². The van der Waals surface area contributed by atoms with Crippen LogP contribution in [0.4, 0.5) is 14.6 Å². The molecule has 0 saturated carbocycles. The highest BCUT2D eigenvalue weighted by atomic mass is 19.3. The second-order valence-electron chi connectivity index (χ2n) is 6.26. The summed E-state index contributed by atoms with van der Waals surface area (Å²) in [6.45, 7) is 0.883. The van der Waals surface area contributed by atoms with Crippen LogP contribution in [-0.2, 0) is 11.3 Å². The zero-order chi connectivity index (χ0) is 17.8. The third-order valence-electron chi connectivity index (χ3n) is 4.45. The number of hydrogen-bond donors (Lipinski definition) is 1. The van der Waals surface area contributed by atoms with E-state index in [-0.39, 0.29) is 11.8 Å². The number of nitrogens with one attached hydrogen (secondary N) is 1. The van der Waals surface area contributed by atoms with Crippen LogP contribution < -0.4 is 5.32 Å². The van der Waals surface area contributed by atoms with Crippen molar-refractivity contribution in [3.05, 3.63) is 42.1 Å². The molecule has 0 bridgehead atoms. The van der Waals surface area contributed by atoms with Crippen molar-refractivity contribution in [3.63, 3.8) is 0 Å². The molecule has 0 aromatic carbocycles. The molecule has 1 aliphatic rings. The second-order valence-corrected chi connectivity index (χ2v) is 6.26. The Labute approximate surface area is 144 Å². The number of alkyl halides is 2. The van der Waals surface area contributed by atoms with Gasteiger partial charge >= 0.3 is 6.55 Å². The molecule has 1 fully saturated rings. The summed E-state index contributed by atoms with van der Waals surface area (Å²) in [5, 5.41) is 2.87. The molecule has 0 spiro atoms. The van der Waals surface area contributed by atoms with Crippen LogP contribution in [0.5, 0.6) is 0 Å². The molecule has 1 amide bonds. The molecule has 1 atom stereocenters. The van der Waals surface area contributed by atoms with Gasteiger partial charge in [-0.3, -0.25) is 14.3 Å². The molecule has 3 rings (SSSR count). The predicted octanol–water partition coefficient (Wildman–Crippen LogP) is 2.83. The van der Waals surface area contributed by atoms with Gasteiger partial charge in [-0.15, -0.1) is 0 Å². The maximum Gasteiger partial charge on any atom is 0.319 e. The summed E-state index contributed by atoms with van der Waals surface area (Å²) in [6.07, 6.45) is 5.91. The molecule has 1 N–H and O–H groups in total. The average Bonchev–Trinajstić information content (AvgIpc) is 3.05. The predicted molar refractivity (Wildman–Crippen MR) is 89.1 cm³/mol. The largest absolute Gasteiger partial charge is 0.319 e. The lowest BCUT2D eigenvalue weighted by molar-refractivity contribution is -0.121. The second kappa shape index (κ2) is 7.69. The van der Waals surface area contributed by atoms with Gasteiger partial charge in [0.25, 0.3) is 0 Å². The van der Waals surface area contributed by atoms with E-state index in [2.05, 4.69) is 15.3 Å². The molecule has 0 unspecified atom stereocenters. The summed E-state index contributed by atoms with van der Waals surface area (Å²) >= 11 is 0. The highest BCUT2D eigenvalue weighted by Crippen LogP contribution is 2.22. The number of nitrogens with zero attached hydrogens (tertiary/aromatic N) is 4. The third-order valence-corrected chi connectivity index (χ3v) is 4.45. The van der Waals surface area contributed by atoms with Gasteiger partial charge in [0.2, 0.25) is 5.91 Å². The standard InChI is InChI=1S/C17H21F2N5O/c1-12-4-2-6-21-15(12)22-16(25)13-5-3-8-23(10-13)11-14-20-7-9-24(14)17(18)19/h2,4,6-7,9,13,17H,3,5,8,10-11H2,1H3,(H,21,22,25)/t13-/m1/s1. The lowest BCUT2D eigenvalue weighted by atomic mass is 9.97. The van der Waals surface area contributed by atoms with Crippen molar-refractivity contribution in [2.45, 2.75) is 32.9 Å². The Morgan fingerprint density at radius 1 is 1.40 bits per heavy atom. The van der Waals surface area contributed by atoms with Gasteiger partial charge in [0, 0.05) is 25.1 Å². The van der Waals surface area contributed by atoms with Gasteiger partial charge in [0.1, 0.15) is 11.6 Å². The Morgan fingerprint density at radius 3 is 3.00 bits per heavy atom. The van der Waals surface area contributed by atoms with Gasteiger partial charge in [0.15, 0.2) is 0 Å². The van der Waals surface area contributed by atoms with Crippen molar-refractivity contribution in [2.75, 3.05) is 18.4 Å². The number of amides is 1. The number of piperidine rings is 1. The first-order valence-corrected chi connectivity index (χ1v) is 8.29. The minimum atomic E-state index is -2.60. The van der Waals surface area contributed by atoms with Crippen LogP contribution in [-0.4, -0.2) is 38.4 Å². The van der Waals surface area contributed by atoms with Crippen LogP contribution in [0.25, 0.3) is 0 Å². The number of rotatable bonds is 5. The molecule has 1 saturated heterocycles. The fraction of sp³-hybridized carbons (Fsp3) is 0.471. The van der Waals surface area contributed by atoms with Crippen LogP contribution in [0.1, 0.15) is 30.8 Å². The molecule has 134 valence electrons. The number of carbonyl (C=O) groups excluding carboxylic acids is 1. The Bertz CT molecular complexity index is 733. The number of imidazole rings is 1. The fourth-order valence-electron chi connectivity index (χ4n) is 3.09. The lowest BCUT2D eigenvalue weighted by Gasteiger charge is -2.31. The van der Waals surface area contributed by atoms with Gasteiger partial charge in [0.05, 0.1) is 12.5 Å². The van der Waals surface area contributed by atoms with E-state index in [9.17, 15) is 13.6 Å². The number of aryl methyl sites for hydroxylation is 1. The smallest absolute Gasteiger partial charge is 0.310 e. The van der Waals surface area contributed by atoms with Crippen LogP contribution >= 0.6 is 0 Å². The number of halogens is 2. The summed E-state index contributed by atoms with van der Waals surface area (Å²) in [4.78, 5) is 22.7. The number of likely N-dealkylation sites (tertiary alicyclic amines) is 1. The fourth-order valence-corrected chi connectivity index (χ4v) is 3.09. The first-order valence-electron chi connectivity index (χ1n) is 8.29. The van der Waals surface area contributed by atoms with Crippen molar-refractivity contribution in [2.24, 2.45) is 5.92 Å². The van der Waals surface area contributed by atoms with Gasteiger partial charge < -0.3 is 5.32 Å². The van der Waals surface area contributed by atoms with Gasteiger partial charge in [-0.1, -0.05) is 6.07 Å². The van der Waals surface area contributed by atoms with E-state index in [0.29, 0.717) is 24.7 Å². The molecule has 2 aromatic rings. The Hall–Kier alpha value is -2.35. The van der Waals surface area contributed by atoms with Crippen molar-refractivity contribution in [3.8, 4) is 0 Å². The normalized spacial score (nSPS) is 18.5. The number of aromatic nitrogens is 3. The maximum atomic E-state index is 12.9. The van der Waals surface area contributed by atoms with Crippen LogP contribution in [0.2, 0.25) is 0 Å². The number of pyridine rings is 1. The summed E-state index contributed by atoms with van der Waals surface area (Å²) < 4.78 is 26.7. The van der Waals surface area contributed by atoms with Crippen molar-refractivity contribution in [1.29, 1.82) is 0 Å². The molecule has 2 aromatic heterocycles. The summed E-state index contributed by atoms with van der Waals surface area (Å²) in [5.74, 6) is 0.614. The molecule has 6 nitrogen and oxygen atoms in total. The Balaban J connectivity index is 1.62. The third kappa shape index (κ3) is 4.19. The van der Waals surface area contributed by atoms with E-state index < -0.39 is 6.55 Å². The van der Waals surface area contributed by atoms with Gasteiger partial charge in [-0.2, -0.15) is 8.78 Å². The topological polar surface area (TPSA) is 63.1 Å². The molecule has 0 radical (unpaired) electrons. The maximum absolute atomic E-state index is 12.9. The number of anilines is 1. The minimum absolute atomic E-state index is 0.0799. The van der Waals surface area contributed by atoms with E-state index >= 15 is 0 Å². The molecular formula is C17H21F2N5O. The SMILES string of the molecule is Cc1cccnc1NC(=O)[C@@H]1CCCN(Cc2nccn2C(F)F)C1. The molecule has 8 heteroatoms. The summed E-state index contributed by atoms with van der Waals surface area (Å²) in [5.41, 5.74) is 0.905. The van der Waals surface area contributed by atoms with E-state index in [4.69, 9.17) is 0 Å². The first-order chi connectivity index (χ1) is 12.0. The van der Waals surface area contributed by atoms with E-state index in [1.807, 2.05) is 24.0 Å². The van der Waals surface area contributed by atoms with Gasteiger partial charge in [-0.05, 0) is 37.9 Å². The van der Waals surface area contributed by atoms with Crippen LogP contribution in [0, 0.1) is 12.8 Å². The number of carbonyl (C=O) groups is 1. The van der Waals surface area contributed by atoms with Crippen LogP contribution in [0.3, 0.4) is 0 Å². The number of hydrogen-bond acceptors (Lipinski definition) is 4. The monoisotopic (exact) mass is 349 g/mol. The van der Waals surface area contributed by atoms with Gasteiger partial charge in [-0.25, -0.2) is 9.97 Å². The Morgan fingerprint density at radius 2 is 2.24 bits per heavy atom. The highest BCUT2D eigenvalue weighted by molar-refractivity contribution is 5.92. The minimum Gasteiger partial charge on any atom is -0.310 e. The average molecular weight is 349 g/mol. The Kier molecular flexibility index (Phi) is 5.37. The van der Waals surface area contributed by atoms with Crippen molar-refractivity contribution in [1.82, 2.24) is 19.4 Å².